The molecule has 0 spiro atoms. The summed E-state index contributed by atoms with van der Waals surface area (Å²) in [6.45, 7) is 3.20. The fourth-order valence-electron chi connectivity index (χ4n) is 3.76. The number of aromatic nitrogens is 4. The fourth-order valence-corrected chi connectivity index (χ4v) is 4.54. The highest BCUT2D eigenvalue weighted by Gasteiger charge is 2.59. The molecule has 4 rings (SSSR count). The second kappa shape index (κ2) is 10.4. The van der Waals surface area contributed by atoms with E-state index >= 15 is 4.39 Å². The van der Waals surface area contributed by atoms with Gasteiger partial charge in [-0.3, -0.25) is 9.36 Å². The van der Waals surface area contributed by atoms with E-state index in [9.17, 15) is 19.6 Å². The lowest BCUT2D eigenvalue weighted by Crippen LogP contribution is -2.46. The van der Waals surface area contributed by atoms with E-state index in [4.69, 9.17) is 19.7 Å². The third-order valence-electron chi connectivity index (χ3n) is 5.77. The minimum Gasteiger partial charge on any atom is -0.462 e. The van der Waals surface area contributed by atoms with Gasteiger partial charge in [-0.1, -0.05) is 5.09 Å². The monoisotopic (exact) mass is 530 g/mol. The van der Waals surface area contributed by atoms with Gasteiger partial charge in [-0.2, -0.15) is 9.97 Å². The predicted molar refractivity (Wildman–Crippen MR) is 125 cm³/mol. The first-order valence-electron chi connectivity index (χ1n) is 11.5. The number of hydrogen-bond donors (Lipinski definition) is 5. The number of halogens is 1. The van der Waals surface area contributed by atoms with Gasteiger partial charge in [0.1, 0.15) is 24.9 Å². The first-order chi connectivity index (χ1) is 17.0. The number of imidazole rings is 1. The summed E-state index contributed by atoms with van der Waals surface area (Å²) in [6, 6.07) is -0.696. The molecule has 6 N–H and O–H groups in total. The van der Waals surface area contributed by atoms with Crippen LogP contribution in [0.5, 0.6) is 0 Å². The molecule has 2 aromatic rings. The number of nitrogen functional groups attached to an aromatic ring is 1. The third kappa shape index (κ3) is 5.41. The molecule has 0 amide bonds. The Hall–Kier alpha value is -2.55. The predicted octanol–water partition coefficient (Wildman–Crippen LogP) is 0.545. The summed E-state index contributed by atoms with van der Waals surface area (Å²) in [5.41, 5.74) is 3.64. The Bertz CT molecular complexity index is 1130. The van der Waals surface area contributed by atoms with Crippen LogP contribution in [0.1, 0.15) is 39.8 Å². The Balaban J connectivity index is 1.48. The molecule has 2 aromatic heterocycles. The maximum atomic E-state index is 15.9. The number of alkyl halides is 1. The van der Waals surface area contributed by atoms with E-state index in [2.05, 4.69) is 25.4 Å². The molecule has 6 atom stereocenters. The Morgan fingerprint density at radius 2 is 2.14 bits per heavy atom. The van der Waals surface area contributed by atoms with E-state index in [1.165, 1.54) is 17.8 Å². The summed E-state index contributed by atoms with van der Waals surface area (Å²) in [5, 5.41) is 26.1. The maximum Gasteiger partial charge on any atom is 0.613 e. The number of hydrogen-bond acceptors (Lipinski definition) is 12. The number of ether oxygens (including phenoxy) is 2. The number of aliphatic hydroxyl groups is 2. The SMILES string of the molecule is CC(C)OC(=O)[C@H](C)N[P+](=O)OC[C@H]1O[C@@H](n2cnc3c(NC4CC4)nc(N)nc32)[C@@](F)(CO)[C@@H]1O. The molecule has 3 heterocycles. The summed E-state index contributed by atoms with van der Waals surface area (Å²) < 4.78 is 45.2. The summed E-state index contributed by atoms with van der Waals surface area (Å²) in [7, 11) is -2.59. The smallest absolute Gasteiger partial charge is 0.462 e. The summed E-state index contributed by atoms with van der Waals surface area (Å²) >= 11 is 0. The third-order valence-corrected chi connectivity index (χ3v) is 6.75. The topological polar surface area (TPSA) is 196 Å². The van der Waals surface area contributed by atoms with Crippen LogP contribution in [0, 0.1) is 0 Å². The molecular formula is C20H30FN7O7P+. The van der Waals surface area contributed by atoms with Gasteiger partial charge in [0.2, 0.25) is 11.6 Å². The van der Waals surface area contributed by atoms with Crippen molar-refractivity contribution in [3.8, 4) is 0 Å². The van der Waals surface area contributed by atoms with Crippen molar-refractivity contribution < 1.29 is 38.0 Å². The molecule has 0 radical (unpaired) electrons. The van der Waals surface area contributed by atoms with Gasteiger partial charge in [0.25, 0.3) is 0 Å². The average Bonchev–Trinajstić information content (AvgIpc) is 3.48. The van der Waals surface area contributed by atoms with Crippen molar-refractivity contribution in [1.82, 2.24) is 24.6 Å². The molecule has 0 bridgehead atoms. The minimum atomic E-state index is -2.67. The number of carbonyl (C=O) groups excluding carboxylic acids is 1. The van der Waals surface area contributed by atoms with Gasteiger partial charge >= 0.3 is 14.1 Å². The Labute approximate surface area is 206 Å². The van der Waals surface area contributed by atoms with Crippen LogP contribution in [0.2, 0.25) is 0 Å². The van der Waals surface area contributed by atoms with Crippen molar-refractivity contribution in [1.29, 1.82) is 0 Å². The fraction of sp³-hybridized carbons (Fsp3) is 0.700. The first-order valence-corrected chi connectivity index (χ1v) is 12.7. The highest BCUT2D eigenvalue weighted by molar-refractivity contribution is 7.36. The van der Waals surface area contributed by atoms with Gasteiger partial charge in [-0.15, -0.1) is 4.52 Å². The highest BCUT2D eigenvalue weighted by Crippen LogP contribution is 2.43. The minimum absolute atomic E-state index is 0.0764. The van der Waals surface area contributed by atoms with Crippen LogP contribution >= 0.6 is 8.18 Å². The van der Waals surface area contributed by atoms with E-state index in [0.717, 1.165) is 12.8 Å². The van der Waals surface area contributed by atoms with E-state index in [-0.39, 0.29) is 23.7 Å². The van der Waals surface area contributed by atoms with E-state index in [1.807, 2.05) is 0 Å². The highest BCUT2D eigenvalue weighted by atomic mass is 31.1. The number of nitrogens with two attached hydrogens (primary N) is 1. The van der Waals surface area contributed by atoms with Gasteiger partial charge in [-0.05, 0) is 38.2 Å². The normalized spacial score (nSPS) is 27.4. The molecule has 1 saturated carbocycles. The van der Waals surface area contributed by atoms with E-state index in [0.29, 0.717) is 11.3 Å². The lowest BCUT2D eigenvalue weighted by Gasteiger charge is -2.26. The molecule has 1 unspecified atom stereocenters. The Kier molecular flexibility index (Phi) is 7.69. The van der Waals surface area contributed by atoms with Crippen LogP contribution < -0.4 is 16.1 Å². The molecule has 1 saturated heterocycles. The van der Waals surface area contributed by atoms with Crippen LogP contribution in [0.15, 0.2) is 6.33 Å². The molecule has 36 heavy (non-hydrogen) atoms. The number of carbonyl (C=O) groups is 1. The molecule has 14 nitrogen and oxygen atoms in total. The molecule has 0 aromatic carbocycles. The van der Waals surface area contributed by atoms with E-state index < -0.39 is 57.5 Å². The van der Waals surface area contributed by atoms with Crippen molar-refractivity contribution in [2.45, 2.75) is 75.9 Å². The first kappa shape index (κ1) is 26.5. The molecule has 2 aliphatic rings. The summed E-state index contributed by atoms with van der Waals surface area (Å²) in [5.74, 6) is -0.313. The van der Waals surface area contributed by atoms with Crippen LogP contribution in [0.4, 0.5) is 16.2 Å². The summed E-state index contributed by atoms with van der Waals surface area (Å²) in [6.07, 6.45) is -1.87. The van der Waals surface area contributed by atoms with Crippen LogP contribution in [-0.2, 0) is 23.4 Å². The van der Waals surface area contributed by atoms with Crippen molar-refractivity contribution in [3.63, 3.8) is 0 Å². The zero-order valence-corrected chi connectivity index (χ0v) is 20.9. The molecule has 2 fully saturated rings. The molecule has 198 valence electrons. The number of nitrogens with zero attached hydrogens (tertiary/aromatic N) is 4. The van der Waals surface area contributed by atoms with Gasteiger partial charge < -0.3 is 30.7 Å². The number of aliphatic hydroxyl groups excluding tert-OH is 2. The quantitative estimate of drug-likeness (QED) is 0.200. The van der Waals surface area contributed by atoms with Crippen molar-refractivity contribution >= 4 is 37.1 Å². The number of rotatable bonds is 11. The number of fused-ring (bicyclic) bond motifs is 1. The van der Waals surface area contributed by atoms with Crippen LogP contribution in [0.25, 0.3) is 11.2 Å². The molecular weight excluding hydrogens is 500 g/mol. The van der Waals surface area contributed by atoms with Crippen molar-refractivity contribution in [3.05, 3.63) is 6.33 Å². The van der Waals surface area contributed by atoms with E-state index in [1.54, 1.807) is 13.8 Å². The number of nitrogens with one attached hydrogen (secondary N) is 2. The second-order valence-corrected chi connectivity index (χ2v) is 10.1. The second-order valence-electron chi connectivity index (χ2n) is 9.12. The maximum absolute atomic E-state index is 15.9. The van der Waals surface area contributed by atoms with Crippen molar-refractivity contribution in [2.75, 3.05) is 24.3 Å². The molecule has 16 heteroatoms. The molecule has 1 aliphatic carbocycles. The largest absolute Gasteiger partial charge is 0.613 e. The van der Waals surface area contributed by atoms with Gasteiger partial charge in [0.15, 0.2) is 23.2 Å². The zero-order chi connectivity index (χ0) is 26.2. The average molecular weight is 530 g/mol. The Morgan fingerprint density at radius 1 is 1.42 bits per heavy atom. The Morgan fingerprint density at radius 3 is 2.78 bits per heavy atom. The summed E-state index contributed by atoms with van der Waals surface area (Å²) in [4.78, 5) is 24.4. The van der Waals surface area contributed by atoms with Gasteiger partial charge in [0, 0.05) is 6.04 Å². The number of anilines is 2. The molecule has 1 aliphatic heterocycles. The lowest BCUT2D eigenvalue weighted by atomic mass is 9.97. The number of esters is 1. The zero-order valence-electron chi connectivity index (χ0n) is 20.0. The van der Waals surface area contributed by atoms with Crippen LogP contribution in [-0.4, -0.2) is 85.0 Å². The standard InChI is InChI=1S/C20H30FN7O7P/c1-9(2)34-17(31)10(3)27-36(32)33-6-12-14(30)20(21,7-29)18(35-12)28-8-23-13-15(24-11-4-5-11)25-19(22)26-16(13)28/h8-12,14,18,29-30H,4-7H2,1-3H3,(H,27,32)(H3,22,24,25,26)/q+1/t10-,12+,14+,18+,20+/m0/s1. The lowest BCUT2D eigenvalue weighted by molar-refractivity contribution is -0.149. The van der Waals surface area contributed by atoms with Crippen LogP contribution in [0.3, 0.4) is 0 Å². The van der Waals surface area contributed by atoms with Gasteiger partial charge in [-0.25, -0.2) is 9.37 Å². The van der Waals surface area contributed by atoms with Gasteiger partial charge in [0.05, 0.1) is 19.0 Å². The van der Waals surface area contributed by atoms with Crippen molar-refractivity contribution in [2.24, 2.45) is 0 Å².